The maximum absolute atomic E-state index is 11.6. The van der Waals surface area contributed by atoms with Gasteiger partial charge in [-0.2, -0.15) is 0 Å². The zero-order valence-corrected chi connectivity index (χ0v) is 13.3. The second-order valence-electron chi connectivity index (χ2n) is 4.51. The van der Waals surface area contributed by atoms with Crippen molar-refractivity contribution in [1.82, 2.24) is 4.98 Å². The SMILES string of the molecule is Cc1nc(NC(=O)OC(C)(C)C)c(Br)cc1Br. The Labute approximate surface area is 117 Å². The second kappa shape index (κ2) is 5.35. The zero-order valence-electron chi connectivity index (χ0n) is 10.1. The highest BCUT2D eigenvalue weighted by Gasteiger charge is 2.17. The molecule has 1 N–H and O–H groups in total. The maximum atomic E-state index is 11.6. The topological polar surface area (TPSA) is 51.2 Å². The zero-order chi connectivity index (χ0) is 13.2. The van der Waals surface area contributed by atoms with Crippen molar-refractivity contribution in [2.75, 3.05) is 5.32 Å². The van der Waals surface area contributed by atoms with E-state index in [9.17, 15) is 4.79 Å². The first-order chi connectivity index (χ1) is 7.69. The van der Waals surface area contributed by atoms with Crippen LogP contribution in [0.3, 0.4) is 0 Å². The summed E-state index contributed by atoms with van der Waals surface area (Å²) in [5.41, 5.74) is 0.264. The molecule has 94 valence electrons. The van der Waals surface area contributed by atoms with Crippen molar-refractivity contribution in [2.45, 2.75) is 33.3 Å². The molecule has 0 aromatic carbocycles. The first-order valence-corrected chi connectivity index (χ1v) is 6.60. The molecule has 0 saturated heterocycles. The van der Waals surface area contributed by atoms with Gasteiger partial charge in [0.25, 0.3) is 0 Å². The van der Waals surface area contributed by atoms with Crippen molar-refractivity contribution in [3.05, 3.63) is 20.7 Å². The predicted molar refractivity (Wildman–Crippen MR) is 74.2 cm³/mol. The number of carbonyl (C=O) groups excluding carboxylic acids is 1. The summed E-state index contributed by atoms with van der Waals surface area (Å²) in [6.45, 7) is 7.27. The van der Waals surface area contributed by atoms with E-state index in [-0.39, 0.29) is 0 Å². The number of hydrogen-bond donors (Lipinski definition) is 1. The standard InChI is InChI=1S/C11H14Br2N2O2/c1-6-7(12)5-8(13)9(14-6)15-10(16)17-11(2,3)4/h5H,1-4H3,(H,14,15,16). The van der Waals surface area contributed by atoms with Crippen molar-refractivity contribution in [3.8, 4) is 0 Å². The molecule has 1 aromatic rings. The first-order valence-electron chi connectivity index (χ1n) is 5.01. The van der Waals surface area contributed by atoms with Gasteiger partial charge in [-0.25, -0.2) is 9.78 Å². The Hall–Kier alpha value is -0.620. The predicted octanol–water partition coefficient (Wildman–Crippen LogP) is 4.26. The second-order valence-corrected chi connectivity index (χ2v) is 6.22. The fraction of sp³-hybridized carbons (Fsp3) is 0.455. The van der Waals surface area contributed by atoms with Crippen molar-refractivity contribution in [2.24, 2.45) is 0 Å². The van der Waals surface area contributed by atoms with Crippen molar-refractivity contribution >= 4 is 43.8 Å². The van der Waals surface area contributed by atoms with Gasteiger partial charge in [-0.3, -0.25) is 5.32 Å². The lowest BCUT2D eigenvalue weighted by atomic mass is 10.2. The summed E-state index contributed by atoms with van der Waals surface area (Å²) in [4.78, 5) is 15.8. The van der Waals surface area contributed by atoms with Gasteiger partial charge in [-0.15, -0.1) is 0 Å². The van der Waals surface area contributed by atoms with Gasteiger partial charge in [0.2, 0.25) is 0 Å². The fourth-order valence-electron chi connectivity index (χ4n) is 1.05. The fourth-order valence-corrected chi connectivity index (χ4v) is 2.09. The minimum absolute atomic E-state index is 0.444. The van der Waals surface area contributed by atoms with Gasteiger partial charge < -0.3 is 4.74 Å². The first kappa shape index (κ1) is 14.4. The number of amides is 1. The Morgan fingerprint density at radius 3 is 2.47 bits per heavy atom. The number of aromatic nitrogens is 1. The number of nitrogens with one attached hydrogen (secondary N) is 1. The summed E-state index contributed by atoms with van der Waals surface area (Å²) < 4.78 is 6.71. The summed E-state index contributed by atoms with van der Waals surface area (Å²) in [6.07, 6.45) is -0.521. The number of anilines is 1. The lowest BCUT2D eigenvalue weighted by Crippen LogP contribution is -2.27. The minimum Gasteiger partial charge on any atom is -0.444 e. The van der Waals surface area contributed by atoms with Crippen LogP contribution < -0.4 is 5.32 Å². The van der Waals surface area contributed by atoms with Gasteiger partial charge in [0.15, 0.2) is 0 Å². The van der Waals surface area contributed by atoms with E-state index in [0.29, 0.717) is 10.3 Å². The third-order valence-electron chi connectivity index (χ3n) is 1.72. The Kier molecular flexibility index (Phi) is 4.55. The van der Waals surface area contributed by atoms with Crippen LogP contribution in [-0.2, 0) is 4.74 Å². The molecule has 1 aromatic heterocycles. The minimum atomic E-state index is -0.527. The average Bonchev–Trinajstić information content (AvgIpc) is 2.11. The average molecular weight is 366 g/mol. The molecule has 1 rings (SSSR count). The van der Waals surface area contributed by atoms with Gasteiger partial charge in [-0.1, -0.05) is 0 Å². The summed E-state index contributed by atoms with van der Waals surface area (Å²) in [5, 5.41) is 2.59. The normalized spacial score (nSPS) is 11.2. The molecule has 0 saturated carbocycles. The largest absolute Gasteiger partial charge is 0.444 e. The molecular formula is C11H14Br2N2O2. The van der Waals surface area contributed by atoms with Crippen molar-refractivity contribution in [3.63, 3.8) is 0 Å². The van der Waals surface area contributed by atoms with Gasteiger partial charge >= 0.3 is 6.09 Å². The van der Waals surface area contributed by atoms with E-state index in [0.717, 1.165) is 10.2 Å². The van der Waals surface area contributed by atoms with Crippen LogP contribution in [0.15, 0.2) is 15.0 Å². The Morgan fingerprint density at radius 1 is 1.35 bits per heavy atom. The highest BCUT2D eigenvalue weighted by molar-refractivity contribution is 9.11. The molecule has 0 radical (unpaired) electrons. The van der Waals surface area contributed by atoms with E-state index < -0.39 is 11.7 Å². The number of pyridine rings is 1. The molecule has 1 amide bonds. The Bertz CT molecular complexity index is 442. The molecular weight excluding hydrogens is 352 g/mol. The molecule has 0 bridgehead atoms. The number of ether oxygens (including phenoxy) is 1. The van der Waals surface area contributed by atoms with E-state index in [2.05, 4.69) is 42.2 Å². The molecule has 0 aliphatic rings. The summed E-state index contributed by atoms with van der Waals surface area (Å²) in [6, 6.07) is 1.83. The highest BCUT2D eigenvalue weighted by Crippen LogP contribution is 2.26. The quantitative estimate of drug-likeness (QED) is 0.808. The third kappa shape index (κ3) is 4.63. The summed E-state index contributed by atoms with van der Waals surface area (Å²) in [5.74, 6) is 0.444. The van der Waals surface area contributed by atoms with Crippen LogP contribution in [0.4, 0.5) is 10.6 Å². The number of aryl methyl sites for hydroxylation is 1. The number of halogens is 2. The summed E-state index contributed by atoms with van der Waals surface area (Å²) >= 11 is 6.69. The lowest BCUT2D eigenvalue weighted by molar-refractivity contribution is 0.0635. The Morgan fingerprint density at radius 2 is 1.94 bits per heavy atom. The molecule has 0 aliphatic heterocycles. The molecule has 0 aliphatic carbocycles. The molecule has 17 heavy (non-hydrogen) atoms. The van der Waals surface area contributed by atoms with Crippen LogP contribution in [0, 0.1) is 6.92 Å². The van der Waals surface area contributed by atoms with Crippen LogP contribution in [0.2, 0.25) is 0 Å². The summed E-state index contributed by atoms with van der Waals surface area (Å²) in [7, 11) is 0. The van der Waals surface area contributed by atoms with Crippen LogP contribution in [0.5, 0.6) is 0 Å². The van der Waals surface area contributed by atoms with E-state index in [1.54, 1.807) is 0 Å². The molecule has 1 heterocycles. The van der Waals surface area contributed by atoms with Crippen LogP contribution >= 0.6 is 31.9 Å². The molecule has 0 atom stereocenters. The van der Waals surface area contributed by atoms with Crippen LogP contribution in [0.1, 0.15) is 26.5 Å². The van der Waals surface area contributed by atoms with E-state index in [4.69, 9.17) is 4.74 Å². The smallest absolute Gasteiger partial charge is 0.413 e. The van der Waals surface area contributed by atoms with Crippen molar-refractivity contribution in [1.29, 1.82) is 0 Å². The van der Waals surface area contributed by atoms with E-state index in [1.807, 2.05) is 33.8 Å². The molecule has 4 nitrogen and oxygen atoms in total. The highest BCUT2D eigenvalue weighted by atomic mass is 79.9. The number of carbonyl (C=O) groups is 1. The number of nitrogens with zero attached hydrogens (tertiary/aromatic N) is 1. The number of rotatable bonds is 1. The molecule has 0 unspecified atom stereocenters. The molecule has 0 fully saturated rings. The van der Waals surface area contributed by atoms with Crippen LogP contribution in [0.25, 0.3) is 0 Å². The van der Waals surface area contributed by atoms with E-state index in [1.165, 1.54) is 0 Å². The lowest BCUT2D eigenvalue weighted by Gasteiger charge is -2.19. The number of hydrogen-bond acceptors (Lipinski definition) is 3. The Balaban J connectivity index is 2.82. The van der Waals surface area contributed by atoms with E-state index >= 15 is 0 Å². The van der Waals surface area contributed by atoms with Crippen molar-refractivity contribution < 1.29 is 9.53 Å². The molecule has 0 spiro atoms. The third-order valence-corrected chi connectivity index (χ3v) is 3.13. The van der Waals surface area contributed by atoms with Crippen LogP contribution in [-0.4, -0.2) is 16.7 Å². The molecule has 6 heteroatoms. The maximum Gasteiger partial charge on any atom is 0.413 e. The van der Waals surface area contributed by atoms with Gasteiger partial charge in [-0.05, 0) is 65.6 Å². The van der Waals surface area contributed by atoms with Gasteiger partial charge in [0.1, 0.15) is 11.4 Å². The monoisotopic (exact) mass is 364 g/mol. The van der Waals surface area contributed by atoms with Gasteiger partial charge in [0.05, 0.1) is 10.2 Å². The van der Waals surface area contributed by atoms with Gasteiger partial charge in [0, 0.05) is 4.47 Å².